The minimum atomic E-state index is 0.231. The van der Waals surface area contributed by atoms with Crippen molar-refractivity contribution in [3.05, 3.63) is 16.1 Å². The quantitative estimate of drug-likeness (QED) is 0.859. The second-order valence-corrected chi connectivity index (χ2v) is 5.50. The fraction of sp³-hybridized carbons (Fsp3) is 0.750. The van der Waals surface area contributed by atoms with E-state index < -0.39 is 0 Å². The molecule has 1 aliphatic rings. The molecule has 2 unspecified atom stereocenters. The third kappa shape index (κ3) is 3.54. The van der Waals surface area contributed by atoms with Gasteiger partial charge >= 0.3 is 0 Å². The highest BCUT2D eigenvalue weighted by Gasteiger charge is 2.17. The highest BCUT2D eigenvalue weighted by atomic mass is 32.1. The number of aryl methyl sites for hydroxylation is 1. The summed E-state index contributed by atoms with van der Waals surface area (Å²) >= 11 is 1.71. The topological polar surface area (TPSA) is 48.1 Å². The lowest BCUT2D eigenvalue weighted by atomic mass is 10.0. The van der Waals surface area contributed by atoms with Crippen molar-refractivity contribution < 1.29 is 4.74 Å². The van der Waals surface area contributed by atoms with Crippen LogP contribution in [0.4, 0.5) is 0 Å². The zero-order chi connectivity index (χ0) is 11.4. The summed E-state index contributed by atoms with van der Waals surface area (Å²) < 4.78 is 5.59. The molecule has 1 aromatic heterocycles. The number of aromatic nitrogens is 1. The fourth-order valence-electron chi connectivity index (χ4n) is 2.09. The predicted octanol–water partition coefficient (Wildman–Crippen LogP) is 2.28. The highest BCUT2D eigenvalue weighted by Crippen LogP contribution is 2.19. The SMILES string of the molecule is Cc1csc(CC(N)CCC2CCCO2)n1. The maximum atomic E-state index is 6.10. The Labute approximate surface area is 101 Å². The van der Waals surface area contributed by atoms with E-state index in [9.17, 15) is 0 Å². The van der Waals surface area contributed by atoms with Crippen molar-refractivity contribution in [1.29, 1.82) is 0 Å². The lowest BCUT2D eigenvalue weighted by Gasteiger charge is -2.13. The third-order valence-corrected chi connectivity index (χ3v) is 3.98. The Morgan fingerprint density at radius 2 is 2.56 bits per heavy atom. The Bertz CT molecular complexity index is 321. The van der Waals surface area contributed by atoms with Gasteiger partial charge in [0.05, 0.1) is 11.1 Å². The van der Waals surface area contributed by atoms with Crippen LogP contribution in [0.25, 0.3) is 0 Å². The summed E-state index contributed by atoms with van der Waals surface area (Å²) in [7, 11) is 0. The first-order valence-corrected chi connectivity index (χ1v) is 6.90. The van der Waals surface area contributed by atoms with Crippen LogP contribution >= 0.6 is 11.3 Å². The average molecular weight is 240 g/mol. The van der Waals surface area contributed by atoms with Gasteiger partial charge < -0.3 is 10.5 Å². The van der Waals surface area contributed by atoms with E-state index in [1.807, 2.05) is 6.92 Å². The number of thiazole rings is 1. The van der Waals surface area contributed by atoms with Crippen LogP contribution in [0.3, 0.4) is 0 Å². The zero-order valence-corrected chi connectivity index (χ0v) is 10.6. The molecule has 2 rings (SSSR count). The van der Waals surface area contributed by atoms with Gasteiger partial charge in [-0.25, -0.2) is 4.98 Å². The average Bonchev–Trinajstić information content (AvgIpc) is 2.87. The molecule has 1 aliphatic heterocycles. The monoisotopic (exact) mass is 240 g/mol. The molecule has 0 bridgehead atoms. The summed E-state index contributed by atoms with van der Waals surface area (Å²) in [5.74, 6) is 0. The first-order chi connectivity index (χ1) is 7.74. The van der Waals surface area contributed by atoms with Crippen LogP contribution in [0.1, 0.15) is 36.4 Å². The minimum Gasteiger partial charge on any atom is -0.378 e. The van der Waals surface area contributed by atoms with Gasteiger partial charge in [0, 0.05) is 30.1 Å². The first kappa shape index (κ1) is 12.0. The lowest BCUT2D eigenvalue weighted by Crippen LogP contribution is -2.24. The summed E-state index contributed by atoms with van der Waals surface area (Å²) in [6.45, 7) is 2.96. The van der Waals surface area contributed by atoms with Gasteiger partial charge in [-0.1, -0.05) is 0 Å². The van der Waals surface area contributed by atoms with Crippen LogP contribution in [0.5, 0.6) is 0 Å². The maximum absolute atomic E-state index is 6.10. The van der Waals surface area contributed by atoms with Gasteiger partial charge in [-0.2, -0.15) is 0 Å². The molecule has 1 fully saturated rings. The summed E-state index contributed by atoms with van der Waals surface area (Å²) in [5, 5.41) is 3.25. The standard InChI is InChI=1S/C12H20N2OS/c1-9-8-16-12(14-9)7-10(13)4-5-11-3-2-6-15-11/h8,10-11H,2-7,13H2,1H3. The number of rotatable bonds is 5. The molecule has 3 nitrogen and oxygen atoms in total. The first-order valence-electron chi connectivity index (χ1n) is 6.02. The van der Waals surface area contributed by atoms with E-state index in [4.69, 9.17) is 10.5 Å². The molecule has 0 amide bonds. The van der Waals surface area contributed by atoms with E-state index in [0.29, 0.717) is 6.10 Å². The van der Waals surface area contributed by atoms with E-state index in [0.717, 1.165) is 36.6 Å². The molecule has 16 heavy (non-hydrogen) atoms. The second-order valence-electron chi connectivity index (χ2n) is 4.56. The number of hydrogen-bond donors (Lipinski definition) is 1. The summed E-state index contributed by atoms with van der Waals surface area (Å²) in [4.78, 5) is 4.44. The molecule has 4 heteroatoms. The minimum absolute atomic E-state index is 0.231. The Hall–Kier alpha value is -0.450. The largest absolute Gasteiger partial charge is 0.378 e. The molecule has 1 saturated heterocycles. The number of hydrogen-bond acceptors (Lipinski definition) is 4. The van der Waals surface area contributed by atoms with Crippen LogP contribution in [0.15, 0.2) is 5.38 Å². The Morgan fingerprint density at radius 1 is 1.69 bits per heavy atom. The van der Waals surface area contributed by atoms with Crippen molar-refractivity contribution in [2.24, 2.45) is 5.73 Å². The van der Waals surface area contributed by atoms with E-state index in [-0.39, 0.29) is 6.04 Å². The third-order valence-electron chi connectivity index (χ3n) is 2.99. The second kappa shape index (κ2) is 5.75. The molecule has 2 heterocycles. The van der Waals surface area contributed by atoms with E-state index >= 15 is 0 Å². The van der Waals surface area contributed by atoms with Crippen LogP contribution in [0.2, 0.25) is 0 Å². The van der Waals surface area contributed by atoms with Gasteiger partial charge in [0.2, 0.25) is 0 Å². The zero-order valence-electron chi connectivity index (χ0n) is 9.82. The number of nitrogens with two attached hydrogens (primary N) is 1. The predicted molar refractivity (Wildman–Crippen MR) is 66.7 cm³/mol. The molecule has 90 valence electrons. The highest BCUT2D eigenvalue weighted by molar-refractivity contribution is 7.09. The van der Waals surface area contributed by atoms with Crippen molar-refractivity contribution in [1.82, 2.24) is 4.98 Å². The van der Waals surface area contributed by atoms with Crippen molar-refractivity contribution >= 4 is 11.3 Å². The Kier molecular flexibility index (Phi) is 4.32. The summed E-state index contributed by atoms with van der Waals surface area (Å²) in [5.41, 5.74) is 7.21. The van der Waals surface area contributed by atoms with Crippen LogP contribution in [-0.4, -0.2) is 23.7 Å². The number of ether oxygens (including phenoxy) is 1. The fourth-order valence-corrected chi connectivity index (χ4v) is 2.96. The van der Waals surface area contributed by atoms with Gasteiger partial charge in [0.1, 0.15) is 0 Å². The van der Waals surface area contributed by atoms with Crippen molar-refractivity contribution in [2.75, 3.05) is 6.61 Å². The molecule has 0 radical (unpaired) electrons. The Morgan fingerprint density at radius 3 is 3.19 bits per heavy atom. The van der Waals surface area contributed by atoms with Crippen LogP contribution < -0.4 is 5.73 Å². The molecular weight excluding hydrogens is 220 g/mol. The molecule has 0 aliphatic carbocycles. The van der Waals surface area contributed by atoms with Gasteiger partial charge in [0.25, 0.3) is 0 Å². The summed E-state index contributed by atoms with van der Waals surface area (Å²) in [6, 6.07) is 0.231. The molecule has 2 N–H and O–H groups in total. The van der Waals surface area contributed by atoms with Gasteiger partial charge in [-0.3, -0.25) is 0 Å². The number of nitrogens with zero attached hydrogens (tertiary/aromatic N) is 1. The smallest absolute Gasteiger partial charge is 0.0943 e. The van der Waals surface area contributed by atoms with Gasteiger partial charge in [0.15, 0.2) is 0 Å². The molecule has 2 atom stereocenters. The van der Waals surface area contributed by atoms with Crippen molar-refractivity contribution in [2.45, 2.75) is 51.2 Å². The maximum Gasteiger partial charge on any atom is 0.0943 e. The van der Waals surface area contributed by atoms with Crippen LogP contribution in [-0.2, 0) is 11.2 Å². The van der Waals surface area contributed by atoms with E-state index in [1.54, 1.807) is 11.3 Å². The summed E-state index contributed by atoms with van der Waals surface area (Å²) in [6.07, 6.45) is 5.94. The molecule has 0 saturated carbocycles. The van der Waals surface area contributed by atoms with E-state index in [1.165, 1.54) is 12.8 Å². The van der Waals surface area contributed by atoms with Crippen molar-refractivity contribution in [3.63, 3.8) is 0 Å². The van der Waals surface area contributed by atoms with Gasteiger partial charge in [-0.15, -0.1) is 11.3 Å². The molecule has 0 aromatic carbocycles. The Balaban J connectivity index is 1.69. The molecule has 1 aromatic rings. The molecule has 0 spiro atoms. The van der Waals surface area contributed by atoms with Gasteiger partial charge in [-0.05, 0) is 32.6 Å². The molecular formula is C12H20N2OS. The van der Waals surface area contributed by atoms with Crippen LogP contribution in [0, 0.1) is 6.92 Å². The lowest BCUT2D eigenvalue weighted by molar-refractivity contribution is 0.101. The van der Waals surface area contributed by atoms with E-state index in [2.05, 4.69) is 10.4 Å². The normalized spacial score (nSPS) is 22.5. The van der Waals surface area contributed by atoms with Crippen molar-refractivity contribution in [3.8, 4) is 0 Å².